The van der Waals surface area contributed by atoms with E-state index in [2.05, 4.69) is 22.1 Å². The lowest BCUT2D eigenvalue weighted by Crippen LogP contribution is -2.45. The highest BCUT2D eigenvalue weighted by atomic mass is 16.6. The number of aryl methyl sites for hydroxylation is 1. The number of rotatable bonds is 8. The predicted molar refractivity (Wildman–Crippen MR) is 94.4 cm³/mol. The van der Waals surface area contributed by atoms with Crippen molar-refractivity contribution in [3.63, 3.8) is 0 Å². The summed E-state index contributed by atoms with van der Waals surface area (Å²) in [7, 11) is 0. The monoisotopic (exact) mass is 336 g/mol. The van der Waals surface area contributed by atoms with Gasteiger partial charge < -0.3 is 15.0 Å². The smallest absolute Gasteiger partial charge is 0.287 e. The lowest BCUT2D eigenvalue weighted by molar-refractivity contribution is -0.385. The lowest BCUT2D eigenvalue weighted by Gasteiger charge is -2.37. The third kappa shape index (κ3) is 5.14. The second-order valence-corrected chi connectivity index (χ2v) is 6.48. The van der Waals surface area contributed by atoms with Crippen LogP contribution in [0.3, 0.4) is 0 Å². The Balaban J connectivity index is 1.85. The Morgan fingerprint density at radius 1 is 1.54 bits per heavy atom. The first kappa shape index (κ1) is 18.6. The van der Waals surface area contributed by atoms with E-state index in [1.165, 1.54) is 6.20 Å². The highest BCUT2D eigenvalue weighted by molar-refractivity contribution is 5.49. The number of anilines is 1. The number of ether oxygens (including phenoxy) is 1. The summed E-state index contributed by atoms with van der Waals surface area (Å²) in [6.45, 7) is 10.9. The zero-order chi connectivity index (χ0) is 17.5. The summed E-state index contributed by atoms with van der Waals surface area (Å²) >= 11 is 0. The summed E-state index contributed by atoms with van der Waals surface area (Å²) in [5, 5.41) is 14.3. The summed E-state index contributed by atoms with van der Waals surface area (Å²) in [5.41, 5.74) is 0.853. The third-order valence-corrected chi connectivity index (χ3v) is 4.55. The maximum Gasteiger partial charge on any atom is 0.287 e. The van der Waals surface area contributed by atoms with Crippen LogP contribution in [0.25, 0.3) is 0 Å². The van der Waals surface area contributed by atoms with Gasteiger partial charge in [-0.2, -0.15) is 0 Å². The Labute approximate surface area is 143 Å². The van der Waals surface area contributed by atoms with Crippen LogP contribution in [-0.2, 0) is 4.74 Å². The van der Waals surface area contributed by atoms with E-state index in [1.54, 1.807) is 6.07 Å². The van der Waals surface area contributed by atoms with E-state index in [4.69, 9.17) is 4.74 Å². The fourth-order valence-electron chi connectivity index (χ4n) is 3.17. The maximum absolute atomic E-state index is 10.8. The maximum atomic E-state index is 10.8. The fraction of sp³-hybridized carbons (Fsp3) is 0.706. The van der Waals surface area contributed by atoms with Crippen LogP contribution in [-0.4, -0.2) is 53.7 Å². The molecule has 24 heavy (non-hydrogen) atoms. The van der Waals surface area contributed by atoms with E-state index < -0.39 is 4.92 Å². The zero-order valence-electron chi connectivity index (χ0n) is 14.8. The number of nitrogens with one attached hydrogen (secondary N) is 1. The zero-order valence-corrected chi connectivity index (χ0v) is 14.8. The molecule has 134 valence electrons. The van der Waals surface area contributed by atoms with Gasteiger partial charge in [0, 0.05) is 45.0 Å². The van der Waals surface area contributed by atoms with Crippen molar-refractivity contribution >= 4 is 11.5 Å². The molecule has 0 saturated carbocycles. The van der Waals surface area contributed by atoms with Gasteiger partial charge in [-0.05, 0) is 38.2 Å². The molecule has 2 atom stereocenters. The van der Waals surface area contributed by atoms with Gasteiger partial charge in [-0.1, -0.05) is 6.92 Å². The molecule has 0 spiro atoms. The highest BCUT2D eigenvalue weighted by Gasteiger charge is 2.26. The van der Waals surface area contributed by atoms with Crippen molar-refractivity contribution in [1.29, 1.82) is 0 Å². The Hall–Kier alpha value is -1.73. The molecule has 1 aromatic rings. The van der Waals surface area contributed by atoms with Gasteiger partial charge in [0.15, 0.2) is 0 Å². The molecule has 0 radical (unpaired) electrons. The average Bonchev–Trinajstić information content (AvgIpc) is 2.55. The van der Waals surface area contributed by atoms with Crippen LogP contribution >= 0.6 is 0 Å². The molecule has 1 aliphatic heterocycles. The van der Waals surface area contributed by atoms with E-state index in [0.29, 0.717) is 12.0 Å². The Morgan fingerprint density at radius 3 is 2.96 bits per heavy atom. The molecule has 1 saturated heterocycles. The number of piperidine rings is 1. The third-order valence-electron chi connectivity index (χ3n) is 4.55. The minimum absolute atomic E-state index is 0.0372. The molecule has 1 fully saturated rings. The molecule has 2 rings (SSSR count). The summed E-state index contributed by atoms with van der Waals surface area (Å²) in [4.78, 5) is 17.1. The molecule has 0 amide bonds. The molecule has 1 aliphatic rings. The van der Waals surface area contributed by atoms with Gasteiger partial charge in [0.2, 0.25) is 0 Å². The first-order chi connectivity index (χ1) is 11.5. The molecule has 0 aromatic carbocycles. The van der Waals surface area contributed by atoms with Crippen LogP contribution in [0.2, 0.25) is 0 Å². The molecule has 7 heteroatoms. The van der Waals surface area contributed by atoms with Crippen molar-refractivity contribution in [1.82, 2.24) is 9.88 Å². The Morgan fingerprint density at radius 2 is 2.33 bits per heavy atom. The van der Waals surface area contributed by atoms with Crippen molar-refractivity contribution in [2.45, 2.75) is 39.7 Å². The minimum atomic E-state index is -0.410. The molecule has 1 aromatic heterocycles. The Bertz CT molecular complexity index is 553. The molecular weight excluding hydrogens is 308 g/mol. The first-order valence-electron chi connectivity index (χ1n) is 8.69. The van der Waals surface area contributed by atoms with Crippen molar-refractivity contribution in [3.05, 3.63) is 27.9 Å². The SMILES string of the molecule is CCOCCCN1CCC(Nc2ncc([N+](=O)[O-])cc2C)C(C)C1. The molecular formula is C17H28N4O3. The number of likely N-dealkylation sites (tertiary alicyclic amines) is 1. The topological polar surface area (TPSA) is 80.5 Å². The van der Waals surface area contributed by atoms with E-state index in [-0.39, 0.29) is 5.69 Å². The molecule has 2 heterocycles. The largest absolute Gasteiger partial charge is 0.382 e. The second kappa shape index (κ2) is 8.94. The van der Waals surface area contributed by atoms with Gasteiger partial charge in [0.1, 0.15) is 12.0 Å². The van der Waals surface area contributed by atoms with Gasteiger partial charge in [-0.15, -0.1) is 0 Å². The molecule has 1 N–H and O–H groups in total. The molecule has 0 bridgehead atoms. The number of aromatic nitrogens is 1. The summed E-state index contributed by atoms with van der Waals surface area (Å²) in [5.74, 6) is 1.25. The highest BCUT2D eigenvalue weighted by Crippen LogP contribution is 2.24. The van der Waals surface area contributed by atoms with Crippen LogP contribution < -0.4 is 5.32 Å². The average molecular weight is 336 g/mol. The van der Waals surface area contributed by atoms with Crippen LogP contribution in [0.4, 0.5) is 11.5 Å². The lowest BCUT2D eigenvalue weighted by atomic mass is 9.93. The van der Waals surface area contributed by atoms with Crippen molar-refractivity contribution < 1.29 is 9.66 Å². The Kier molecular flexibility index (Phi) is 6.93. The van der Waals surface area contributed by atoms with Gasteiger partial charge >= 0.3 is 0 Å². The number of nitro groups is 1. The van der Waals surface area contributed by atoms with E-state index >= 15 is 0 Å². The number of hydrogen-bond acceptors (Lipinski definition) is 6. The van der Waals surface area contributed by atoms with Crippen LogP contribution in [0.1, 0.15) is 32.3 Å². The second-order valence-electron chi connectivity index (χ2n) is 6.48. The quantitative estimate of drug-likeness (QED) is 0.447. The first-order valence-corrected chi connectivity index (χ1v) is 8.69. The normalized spacial score (nSPS) is 21.6. The van der Waals surface area contributed by atoms with Crippen LogP contribution in [0.15, 0.2) is 12.3 Å². The van der Waals surface area contributed by atoms with Gasteiger partial charge in [-0.25, -0.2) is 4.98 Å². The number of nitrogens with zero attached hydrogens (tertiary/aromatic N) is 3. The molecule has 2 unspecified atom stereocenters. The predicted octanol–water partition coefficient (Wildman–Crippen LogP) is 2.85. The summed E-state index contributed by atoms with van der Waals surface area (Å²) in [6.07, 6.45) is 3.44. The molecule has 0 aliphatic carbocycles. The van der Waals surface area contributed by atoms with E-state index in [0.717, 1.165) is 57.1 Å². The number of hydrogen-bond donors (Lipinski definition) is 1. The number of pyridine rings is 1. The van der Waals surface area contributed by atoms with E-state index in [9.17, 15) is 10.1 Å². The molecule has 7 nitrogen and oxygen atoms in total. The van der Waals surface area contributed by atoms with Crippen molar-refractivity contribution in [2.24, 2.45) is 5.92 Å². The minimum Gasteiger partial charge on any atom is -0.382 e. The van der Waals surface area contributed by atoms with Gasteiger partial charge in [0.25, 0.3) is 5.69 Å². The van der Waals surface area contributed by atoms with Crippen molar-refractivity contribution in [3.8, 4) is 0 Å². The van der Waals surface area contributed by atoms with E-state index in [1.807, 2.05) is 13.8 Å². The fourth-order valence-corrected chi connectivity index (χ4v) is 3.17. The van der Waals surface area contributed by atoms with Crippen molar-refractivity contribution in [2.75, 3.05) is 38.2 Å². The van der Waals surface area contributed by atoms with Crippen LogP contribution in [0.5, 0.6) is 0 Å². The summed E-state index contributed by atoms with van der Waals surface area (Å²) < 4.78 is 5.40. The standard InChI is InChI=1S/C17H28N4O3/c1-4-24-9-5-7-20-8-6-16(14(3)12-20)19-17-13(2)10-15(11-18-17)21(22)23/h10-11,14,16H,4-9,12H2,1-3H3,(H,18,19). The summed E-state index contributed by atoms with van der Waals surface area (Å²) in [6, 6.07) is 1.92. The van der Waals surface area contributed by atoms with Gasteiger partial charge in [0.05, 0.1) is 4.92 Å². The van der Waals surface area contributed by atoms with Crippen LogP contribution in [0, 0.1) is 23.0 Å². The van der Waals surface area contributed by atoms with Gasteiger partial charge in [-0.3, -0.25) is 10.1 Å².